The number of nitrogens with zero attached hydrogens (tertiary/aromatic N) is 1. The summed E-state index contributed by atoms with van der Waals surface area (Å²) in [6.07, 6.45) is 10.1. The molecular weight excluding hydrogens is 274 g/mol. The SMILES string of the molecule is CC=NCCCC.CC=O.CCCCN.CCCCNCC. The van der Waals surface area contributed by atoms with Crippen molar-refractivity contribution in [3.8, 4) is 0 Å². The zero-order chi connectivity index (χ0) is 17.9. The smallest absolute Gasteiger partial charge is 0.116 e. The first-order chi connectivity index (χ1) is 10.7. The van der Waals surface area contributed by atoms with E-state index in [9.17, 15) is 0 Å². The van der Waals surface area contributed by atoms with Crippen molar-refractivity contribution >= 4 is 12.5 Å². The molecule has 4 nitrogen and oxygen atoms in total. The number of hydrogen-bond acceptors (Lipinski definition) is 4. The summed E-state index contributed by atoms with van der Waals surface area (Å²) in [7, 11) is 0. The quantitative estimate of drug-likeness (QED) is 0.380. The summed E-state index contributed by atoms with van der Waals surface area (Å²) in [6, 6.07) is 0. The average molecular weight is 318 g/mol. The molecule has 0 bridgehead atoms. The Balaban J connectivity index is -0.000000103. The first-order valence-corrected chi connectivity index (χ1v) is 8.91. The first-order valence-electron chi connectivity index (χ1n) is 8.91. The Labute approximate surface area is 140 Å². The highest BCUT2D eigenvalue weighted by molar-refractivity contribution is 5.53. The second-order valence-corrected chi connectivity index (χ2v) is 4.60. The van der Waals surface area contributed by atoms with Crippen LogP contribution in [0.15, 0.2) is 4.99 Å². The van der Waals surface area contributed by atoms with Gasteiger partial charge in [-0.1, -0.05) is 47.0 Å². The number of carbonyl (C=O) groups is 1. The van der Waals surface area contributed by atoms with E-state index in [0.29, 0.717) is 0 Å². The molecule has 0 fully saturated rings. The average Bonchev–Trinajstić information content (AvgIpc) is 2.51. The Hall–Kier alpha value is -0.740. The van der Waals surface area contributed by atoms with Crippen LogP contribution in [0.2, 0.25) is 0 Å². The molecule has 0 atom stereocenters. The maximum absolute atomic E-state index is 8.81. The summed E-state index contributed by atoms with van der Waals surface area (Å²) in [5.41, 5.74) is 5.14. The molecule has 0 aromatic heterocycles. The van der Waals surface area contributed by atoms with Crippen LogP contribution in [0.1, 0.15) is 80.1 Å². The van der Waals surface area contributed by atoms with Crippen LogP contribution >= 0.6 is 0 Å². The van der Waals surface area contributed by atoms with Gasteiger partial charge in [0.25, 0.3) is 0 Å². The normalized spacial score (nSPS) is 8.86. The van der Waals surface area contributed by atoms with Gasteiger partial charge >= 0.3 is 0 Å². The third kappa shape index (κ3) is 74.9. The number of unbranched alkanes of at least 4 members (excludes halogenated alkanes) is 3. The molecule has 0 saturated heterocycles. The largest absolute Gasteiger partial charge is 0.330 e. The minimum absolute atomic E-state index is 0.750. The minimum Gasteiger partial charge on any atom is -0.330 e. The zero-order valence-corrected chi connectivity index (χ0v) is 16.2. The van der Waals surface area contributed by atoms with Crippen molar-refractivity contribution in [3.63, 3.8) is 0 Å². The molecule has 0 aliphatic rings. The Bertz CT molecular complexity index is 168. The maximum Gasteiger partial charge on any atom is 0.116 e. The van der Waals surface area contributed by atoms with Crippen molar-refractivity contribution in [1.82, 2.24) is 5.32 Å². The Morgan fingerprint density at radius 3 is 1.73 bits per heavy atom. The fraction of sp³-hybridized carbons (Fsp3) is 0.889. The van der Waals surface area contributed by atoms with Crippen molar-refractivity contribution in [2.24, 2.45) is 10.7 Å². The van der Waals surface area contributed by atoms with Crippen LogP contribution in [0.3, 0.4) is 0 Å². The molecule has 4 heteroatoms. The van der Waals surface area contributed by atoms with Gasteiger partial charge in [-0.2, -0.15) is 0 Å². The number of aliphatic imine (C=N–C) groups is 1. The van der Waals surface area contributed by atoms with Crippen LogP contribution in [0.4, 0.5) is 0 Å². The standard InChI is InChI=1S/C6H15N.C6H13N.C4H11N.C2H4O/c2*1-3-5-6-7-4-2;1-2-3-4-5;1-2-3/h7H,3-6H2,1-2H3;4H,3,5-6H2,1-2H3;2-5H2,1H3;2H,1H3. The van der Waals surface area contributed by atoms with E-state index in [1.807, 2.05) is 13.1 Å². The number of aldehydes is 1. The number of hydrogen-bond donors (Lipinski definition) is 2. The number of nitrogens with one attached hydrogen (secondary N) is 1. The van der Waals surface area contributed by atoms with Gasteiger partial charge in [0, 0.05) is 6.54 Å². The molecule has 0 aromatic rings. The van der Waals surface area contributed by atoms with Gasteiger partial charge in [-0.05, 0) is 59.0 Å². The molecule has 0 rings (SSSR count). The van der Waals surface area contributed by atoms with Crippen LogP contribution in [0.5, 0.6) is 0 Å². The number of rotatable bonds is 9. The van der Waals surface area contributed by atoms with E-state index >= 15 is 0 Å². The van der Waals surface area contributed by atoms with Gasteiger partial charge in [0.15, 0.2) is 0 Å². The monoisotopic (exact) mass is 317 g/mol. The second kappa shape index (κ2) is 42.7. The molecule has 0 heterocycles. The van der Waals surface area contributed by atoms with Crippen LogP contribution in [-0.2, 0) is 4.79 Å². The lowest BCUT2D eigenvalue weighted by atomic mass is 10.3. The van der Waals surface area contributed by atoms with E-state index in [0.717, 1.165) is 25.9 Å². The molecule has 3 N–H and O–H groups in total. The van der Waals surface area contributed by atoms with Crippen LogP contribution < -0.4 is 11.1 Å². The van der Waals surface area contributed by atoms with Gasteiger partial charge in [-0.15, -0.1) is 0 Å². The van der Waals surface area contributed by atoms with Crippen molar-refractivity contribution < 1.29 is 4.79 Å². The molecule has 0 radical (unpaired) electrons. The summed E-state index contributed by atoms with van der Waals surface area (Å²) in [6.45, 7) is 16.2. The van der Waals surface area contributed by atoms with E-state index in [2.05, 4.69) is 38.0 Å². The summed E-state index contributed by atoms with van der Waals surface area (Å²) in [5.74, 6) is 0. The zero-order valence-electron chi connectivity index (χ0n) is 16.2. The molecule has 0 aromatic carbocycles. The van der Waals surface area contributed by atoms with Gasteiger partial charge in [-0.25, -0.2) is 0 Å². The topological polar surface area (TPSA) is 67.5 Å². The van der Waals surface area contributed by atoms with E-state index in [4.69, 9.17) is 10.5 Å². The van der Waals surface area contributed by atoms with Gasteiger partial charge in [0.1, 0.15) is 6.29 Å². The molecule has 0 saturated carbocycles. The number of nitrogens with two attached hydrogens (primary N) is 1. The van der Waals surface area contributed by atoms with Crippen molar-refractivity contribution in [2.75, 3.05) is 26.2 Å². The van der Waals surface area contributed by atoms with Gasteiger partial charge < -0.3 is 15.8 Å². The van der Waals surface area contributed by atoms with Crippen molar-refractivity contribution in [1.29, 1.82) is 0 Å². The third-order valence-corrected chi connectivity index (χ3v) is 2.34. The van der Waals surface area contributed by atoms with E-state index < -0.39 is 0 Å². The Kier molecular flexibility index (Phi) is 56.9. The molecule has 22 heavy (non-hydrogen) atoms. The van der Waals surface area contributed by atoms with E-state index in [1.165, 1.54) is 52.0 Å². The fourth-order valence-corrected chi connectivity index (χ4v) is 1.06. The summed E-state index contributed by atoms with van der Waals surface area (Å²) >= 11 is 0. The lowest BCUT2D eigenvalue weighted by Crippen LogP contribution is -2.13. The maximum atomic E-state index is 8.81. The third-order valence-electron chi connectivity index (χ3n) is 2.34. The summed E-state index contributed by atoms with van der Waals surface area (Å²) in [5, 5.41) is 3.25. The minimum atomic E-state index is 0.750. The molecule has 0 amide bonds. The van der Waals surface area contributed by atoms with E-state index in [-0.39, 0.29) is 0 Å². The molecule has 0 spiro atoms. The molecule has 0 aliphatic carbocycles. The highest BCUT2D eigenvalue weighted by atomic mass is 16.1. The molecule has 136 valence electrons. The molecule has 0 aliphatic heterocycles. The van der Waals surface area contributed by atoms with Crippen LogP contribution in [0.25, 0.3) is 0 Å². The number of carbonyl (C=O) groups excluding carboxylic acids is 1. The summed E-state index contributed by atoms with van der Waals surface area (Å²) in [4.78, 5) is 12.8. The van der Waals surface area contributed by atoms with Gasteiger partial charge in [0.05, 0.1) is 0 Å². The van der Waals surface area contributed by atoms with Crippen LogP contribution in [-0.4, -0.2) is 38.7 Å². The molecule has 0 unspecified atom stereocenters. The highest BCUT2D eigenvalue weighted by Gasteiger charge is 1.77. The lowest BCUT2D eigenvalue weighted by molar-refractivity contribution is -0.106. The van der Waals surface area contributed by atoms with Gasteiger partial charge in [-0.3, -0.25) is 4.99 Å². The fourth-order valence-electron chi connectivity index (χ4n) is 1.06. The van der Waals surface area contributed by atoms with Crippen molar-refractivity contribution in [2.45, 2.75) is 80.1 Å². The van der Waals surface area contributed by atoms with Crippen molar-refractivity contribution in [3.05, 3.63) is 0 Å². The predicted molar refractivity (Wildman–Crippen MR) is 103 cm³/mol. The van der Waals surface area contributed by atoms with E-state index in [1.54, 1.807) is 0 Å². The summed E-state index contributed by atoms with van der Waals surface area (Å²) < 4.78 is 0. The lowest BCUT2D eigenvalue weighted by Gasteiger charge is -1.95. The first kappa shape index (κ1) is 29.3. The van der Waals surface area contributed by atoms with Gasteiger partial charge in [0.2, 0.25) is 0 Å². The second-order valence-electron chi connectivity index (χ2n) is 4.60. The Morgan fingerprint density at radius 1 is 0.955 bits per heavy atom. The predicted octanol–water partition coefficient (Wildman–Crippen LogP) is 4.22. The Morgan fingerprint density at radius 2 is 1.45 bits per heavy atom. The van der Waals surface area contributed by atoms with Crippen LogP contribution in [0, 0.1) is 0 Å². The molecular formula is C18H43N3O. The highest BCUT2D eigenvalue weighted by Crippen LogP contribution is 1.84.